The minimum absolute atomic E-state index is 0. The number of rotatable bonds is 8. The lowest BCUT2D eigenvalue weighted by atomic mass is 9.83. The fourth-order valence-corrected chi connectivity index (χ4v) is 3.64. The molecule has 1 aliphatic carbocycles. The Labute approximate surface area is 181 Å². The van der Waals surface area contributed by atoms with Crippen LogP contribution >= 0.6 is 24.0 Å². The quantitative estimate of drug-likeness (QED) is 0.295. The zero-order valence-corrected chi connectivity index (χ0v) is 19.3. The van der Waals surface area contributed by atoms with Gasteiger partial charge >= 0.3 is 0 Å². The second-order valence-electron chi connectivity index (χ2n) is 7.17. The number of amides is 1. The van der Waals surface area contributed by atoms with Crippen molar-refractivity contribution in [2.45, 2.75) is 59.4 Å². The Balaban J connectivity index is 0.00000364. The fourth-order valence-electron chi connectivity index (χ4n) is 3.64. The van der Waals surface area contributed by atoms with E-state index in [2.05, 4.69) is 29.8 Å². The van der Waals surface area contributed by atoms with Gasteiger partial charge in [-0.15, -0.1) is 24.0 Å². The second-order valence-corrected chi connectivity index (χ2v) is 7.17. The molecule has 0 heterocycles. The van der Waals surface area contributed by atoms with Crippen molar-refractivity contribution >= 4 is 35.8 Å². The first-order valence-electron chi connectivity index (χ1n) is 10.0. The topological polar surface area (TPSA) is 65.5 Å². The van der Waals surface area contributed by atoms with Gasteiger partial charge in [0.05, 0.1) is 6.54 Å². The average Bonchev–Trinajstić information content (AvgIpc) is 3.14. The van der Waals surface area contributed by atoms with Crippen molar-refractivity contribution in [3.05, 3.63) is 35.4 Å². The molecule has 0 spiro atoms. The molecule has 0 radical (unpaired) electrons. The van der Waals surface area contributed by atoms with Gasteiger partial charge in [-0.1, -0.05) is 31.9 Å². The van der Waals surface area contributed by atoms with Crippen molar-refractivity contribution in [2.75, 3.05) is 19.6 Å². The van der Waals surface area contributed by atoms with Crippen LogP contribution < -0.4 is 16.0 Å². The molecule has 3 N–H and O–H groups in total. The first-order valence-corrected chi connectivity index (χ1v) is 10.0. The Bertz CT molecular complexity index is 612. The van der Waals surface area contributed by atoms with Gasteiger partial charge in [0.1, 0.15) is 0 Å². The minimum atomic E-state index is -0.0329. The molecule has 6 heteroatoms. The monoisotopic (exact) mass is 486 g/mol. The molecule has 27 heavy (non-hydrogen) atoms. The number of hydrogen-bond acceptors (Lipinski definition) is 2. The smallest absolute Gasteiger partial charge is 0.251 e. The van der Waals surface area contributed by atoms with E-state index >= 15 is 0 Å². The van der Waals surface area contributed by atoms with Gasteiger partial charge in [0.15, 0.2) is 5.96 Å². The summed E-state index contributed by atoms with van der Waals surface area (Å²) in [4.78, 5) is 16.7. The average molecular weight is 486 g/mol. The van der Waals surface area contributed by atoms with E-state index in [1.807, 2.05) is 31.2 Å². The zero-order valence-electron chi connectivity index (χ0n) is 16.9. The Morgan fingerprint density at radius 1 is 1.07 bits per heavy atom. The minimum Gasteiger partial charge on any atom is -0.357 e. The summed E-state index contributed by atoms with van der Waals surface area (Å²) < 4.78 is 0. The molecule has 1 saturated carbocycles. The molecule has 2 rings (SSSR count). The first kappa shape index (κ1) is 23.7. The third-order valence-corrected chi connectivity index (χ3v) is 5.34. The summed E-state index contributed by atoms with van der Waals surface area (Å²) in [7, 11) is 0. The molecule has 1 amide bonds. The number of nitrogens with zero attached hydrogens (tertiary/aromatic N) is 1. The number of aliphatic imine (C=N–C) groups is 1. The summed E-state index contributed by atoms with van der Waals surface area (Å²) in [6.45, 7) is 9.31. The zero-order chi connectivity index (χ0) is 18.8. The lowest BCUT2D eigenvalue weighted by Crippen LogP contribution is -2.42. The highest BCUT2D eigenvalue weighted by atomic mass is 127. The molecule has 0 aromatic heterocycles. The summed E-state index contributed by atoms with van der Waals surface area (Å²) in [5.74, 6) is 0.824. The van der Waals surface area contributed by atoms with Gasteiger partial charge in [0.25, 0.3) is 5.91 Å². The fraction of sp³-hybridized carbons (Fsp3) is 0.619. The number of carbonyl (C=O) groups excluding carboxylic acids is 1. The number of halogens is 1. The molecule has 152 valence electrons. The SMILES string of the molecule is CCNC(=O)c1cccc(CN=C(NCC)NCC2(CC)CCCC2)c1.I. The van der Waals surface area contributed by atoms with Gasteiger partial charge in [0.2, 0.25) is 0 Å². The van der Waals surface area contributed by atoms with Crippen LogP contribution in [0.1, 0.15) is 68.8 Å². The standard InChI is InChI=1S/C21H34N4O.HI/c1-4-21(12-7-8-13-21)16-25-20(23-6-3)24-15-17-10-9-11-18(14-17)19(26)22-5-2;/h9-11,14H,4-8,12-13,15-16H2,1-3H3,(H,22,26)(H2,23,24,25);1H. The van der Waals surface area contributed by atoms with E-state index in [-0.39, 0.29) is 29.9 Å². The molecule has 0 atom stereocenters. The van der Waals surface area contributed by atoms with Gasteiger partial charge in [-0.2, -0.15) is 0 Å². The van der Waals surface area contributed by atoms with E-state index in [0.29, 0.717) is 24.1 Å². The van der Waals surface area contributed by atoms with Crippen molar-refractivity contribution in [1.29, 1.82) is 0 Å². The second kappa shape index (κ2) is 12.2. The highest BCUT2D eigenvalue weighted by molar-refractivity contribution is 14.0. The number of hydrogen-bond donors (Lipinski definition) is 3. The number of carbonyl (C=O) groups is 1. The number of guanidine groups is 1. The van der Waals surface area contributed by atoms with Crippen molar-refractivity contribution in [1.82, 2.24) is 16.0 Å². The summed E-state index contributed by atoms with van der Waals surface area (Å²) in [6.07, 6.45) is 6.52. The van der Waals surface area contributed by atoms with E-state index in [4.69, 9.17) is 4.99 Å². The largest absolute Gasteiger partial charge is 0.357 e. The van der Waals surface area contributed by atoms with Crippen LogP contribution in [0.4, 0.5) is 0 Å². The molecule has 1 fully saturated rings. The van der Waals surface area contributed by atoms with Crippen molar-refractivity contribution in [3.63, 3.8) is 0 Å². The maximum atomic E-state index is 12.0. The molecule has 1 aliphatic rings. The van der Waals surface area contributed by atoms with Crippen LogP contribution in [-0.4, -0.2) is 31.5 Å². The van der Waals surface area contributed by atoms with Crippen LogP contribution in [0.25, 0.3) is 0 Å². The van der Waals surface area contributed by atoms with Gasteiger partial charge < -0.3 is 16.0 Å². The van der Waals surface area contributed by atoms with E-state index in [1.54, 1.807) is 0 Å². The van der Waals surface area contributed by atoms with Gasteiger partial charge in [-0.05, 0) is 56.2 Å². The van der Waals surface area contributed by atoms with Gasteiger partial charge in [-0.25, -0.2) is 4.99 Å². The molecular formula is C21H35IN4O. The molecule has 0 aliphatic heterocycles. The molecule has 5 nitrogen and oxygen atoms in total. The third kappa shape index (κ3) is 7.31. The van der Waals surface area contributed by atoms with Crippen LogP contribution in [0.5, 0.6) is 0 Å². The van der Waals surface area contributed by atoms with Gasteiger partial charge in [0, 0.05) is 25.2 Å². The predicted molar refractivity (Wildman–Crippen MR) is 124 cm³/mol. The van der Waals surface area contributed by atoms with Crippen molar-refractivity contribution < 1.29 is 4.79 Å². The van der Waals surface area contributed by atoms with E-state index in [9.17, 15) is 4.79 Å². The molecular weight excluding hydrogens is 451 g/mol. The van der Waals surface area contributed by atoms with Crippen LogP contribution in [0, 0.1) is 5.41 Å². The third-order valence-electron chi connectivity index (χ3n) is 5.34. The maximum absolute atomic E-state index is 12.0. The Kier molecular flexibility index (Phi) is 10.7. The van der Waals surface area contributed by atoms with Crippen LogP contribution in [0.2, 0.25) is 0 Å². The highest BCUT2D eigenvalue weighted by Gasteiger charge is 2.31. The molecule has 1 aromatic rings. The predicted octanol–water partition coefficient (Wildman–Crippen LogP) is 4.08. The lowest BCUT2D eigenvalue weighted by molar-refractivity contribution is 0.0955. The lowest BCUT2D eigenvalue weighted by Gasteiger charge is -2.28. The maximum Gasteiger partial charge on any atom is 0.251 e. The number of benzene rings is 1. The Morgan fingerprint density at radius 2 is 1.78 bits per heavy atom. The van der Waals surface area contributed by atoms with Crippen LogP contribution in [0.3, 0.4) is 0 Å². The first-order chi connectivity index (χ1) is 12.6. The normalized spacial score (nSPS) is 15.7. The van der Waals surface area contributed by atoms with Gasteiger partial charge in [-0.3, -0.25) is 4.79 Å². The molecule has 0 saturated heterocycles. The summed E-state index contributed by atoms with van der Waals surface area (Å²) >= 11 is 0. The van der Waals surface area contributed by atoms with Crippen LogP contribution in [0.15, 0.2) is 29.3 Å². The summed E-state index contributed by atoms with van der Waals surface area (Å²) in [6, 6.07) is 7.69. The Hall–Kier alpha value is -1.31. The van der Waals surface area contributed by atoms with E-state index in [1.165, 1.54) is 32.1 Å². The number of nitrogens with one attached hydrogen (secondary N) is 3. The van der Waals surface area contributed by atoms with Crippen LogP contribution in [-0.2, 0) is 6.54 Å². The van der Waals surface area contributed by atoms with Crippen molar-refractivity contribution in [3.8, 4) is 0 Å². The van der Waals surface area contributed by atoms with Crippen molar-refractivity contribution in [2.24, 2.45) is 10.4 Å². The summed E-state index contributed by atoms with van der Waals surface area (Å²) in [5.41, 5.74) is 2.15. The molecule has 1 aromatic carbocycles. The van der Waals surface area contributed by atoms with E-state index in [0.717, 1.165) is 24.6 Å². The van der Waals surface area contributed by atoms with E-state index < -0.39 is 0 Å². The Morgan fingerprint density at radius 3 is 2.41 bits per heavy atom. The molecule has 0 unspecified atom stereocenters. The summed E-state index contributed by atoms with van der Waals surface area (Å²) in [5, 5.41) is 9.71. The highest BCUT2D eigenvalue weighted by Crippen LogP contribution is 2.40. The molecule has 0 bridgehead atoms.